The number of rotatable bonds is 4. The number of nitrogens with one attached hydrogen (secondary N) is 2. The van der Waals surface area contributed by atoms with Gasteiger partial charge < -0.3 is 10.4 Å². The van der Waals surface area contributed by atoms with Crippen LogP contribution in [0.15, 0.2) is 30.5 Å². The molecule has 0 bridgehead atoms. The summed E-state index contributed by atoms with van der Waals surface area (Å²) in [7, 11) is 0. The molecule has 18 heavy (non-hydrogen) atoms. The number of amides is 1. The first-order chi connectivity index (χ1) is 8.70. The molecular weight excluding hydrogens is 230 g/mol. The van der Waals surface area contributed by atoms with Crippen molar-refractivity contribution in [2.45, 2.75) is 13.3 Å². The van der Waals surface area contributed by atoms with Crippen LogP contribution in [-0.2, 0) is 6.42 Å². The Morgan fingerprint density at radius 2 is 2.11 bits per heavy atom. The maximum Gasteiger partial charge on any atom is 0.259 e. The van der Waals surface area contributed by atoms with E-state index in [1.165, 1.54) is 6.20 Å². The number of aryl methyl sites for hydroxylation is 1. The van der Waals surface area contributed by atoms with E-state index in [4.69, 9.17) is 5.11 Å². The average Bonchev–Trinajstić information content (AvgIpc) is 2.78. The lowest BCUT2D eigenvalue weighted by Crippen LogP contribution is -2.12. The van der Waals surface area contributed by atoms with Crippen molar-refractivity contribution in [3.8, 4) is 0 Å². The predicted octanol–water partition coefficient (Wildman–Crippen LogP) is 1.51. The molecule has 5 nitrogen and oxygen atoms in total. The molecule has 0 saturated heterocycles. The standard InChI is InChI=1S/C13H15N3O2/c1-9-12(8-14-16-9)13(18)15-11-4-2-10(3-5-11)6-7-17/h2-5,8,17H,6-7H2,1H3,(H,14,16)(H,15,18). The number of nitrogens with zero attached hydrogens (tertiary/aromatic N) is 1. The first kappa shape index (κ1) is 12.3. The summed E-state index contributed by atoms with van der Waals surface area (Å²) in [6.07, 6.45) is 2.12. The van der Waals surface area contributed by atoms with Crippen LogP contribution in [0.2, 0.25) is 0 Å². The van der Waals surface area contributed by atoms with E-state index in [-0.39, 0.29) is 12.5 Å². The number of hydrogen-bond acceptors (Lipinski definition) is 3. The minimum absolute atomic E-state index is 0.125. The van der Waals surface area contributed by atoms with Gasteiger partial charge in [-0.15, -0.1) is 0 Å². The quantitative estimate of drug-likeness (QED) is 0.764. The van der Waals surface area contributed by atoms with Gasteiger partial charge in [-0.25, -0.2) is 0 Å². The van der Waals surface area contributed by atoms with Crippen molar-refractivity contribution in [2.75, 3.05) is 11.9 Å². The van der Waals surface area contributed by atoms with E-state index >= 15 is 0 Å². The molecule has 0 aliphatic heterocycles. The Labute approximate surface area is 105 Å². The van der Waals surface area contributed by atoms with Gasteiger partial charge in [-0.3, -0.25) is 9.89 Å². The number of aromatic amines is 1. The summed E-state index contributed by atoms with van der Waals surface area (Å²) in [5, 5.41) is 18.1. The van der Waals surface area contributed by atoms with E-state index in [2.05, 4.69) is 15.5 Å². The summed E-state index contributed by atoms with van der Waals surface area (Å²) in [5.41, 5.74) is 3.04. The van der Waals surface area contributed by atoms with Crippen LogP contribution in [0.25, 0.3) is 0 Å². The lowest BCUT2D eigenvalue weighted by Gasteiger charge is -2.05. The molecule has 1 heterocycles. The molecule has 0 unspecified atom stereocenters. The molecule has 3 N–H and O–H groups in total. The Kier molecular flexibility index (Phi) is 3.74. The molecule has 0 saturated carbocycles. The van der Waals surface area contributed by atoms with Gasteiger partial charge in [0.1, 0.15) is 0 Å². The Morgan fingerprint density at radius 3 is 2.67 bits per heavy atom. The maximum atomic E-state index is 11.9. The second-order valence-corrected chi connectivity index (χ2v) is 4.03. The van der Waals surface area contributed by atoms with Crippen molar-refractivity contribution < 1.29 is 9.90 Å². The van der Waals surface area contributed by atoms with Gasteiger partial charge in [0, 0.05) is 18.0 Å². The Hall–Kier alpha value is -2.14. The second kappa shape index (κ2) is 5.46. The zero-order chi connectivity index (χ0) is 13.0. The van der Waals surface area contributed by atoms with E-state index in [1.54, 1.807) is 6.92 Å². The highest BCUT2D eigenvalue weighted by molar-refractivity contribution is 6.04. The molecular formula is C13H15N3O2. The van der Waals surface area contributed by atoms with Gasteiger partial charge in [-0.05, 0) is 31.0 Å². The van der Waals surface area contributed by atoms with Gasteiger partial charge >= 0.3 is 0 Å². The number of anilines is 1. The third kappa shape index (κ3) is 2.75. The van der Waals surface area contributed by atoms with Gasteiger partial charge in [0.2, 0.25) is 0 Å². The van der Waals surface area contributed by atoms with E-state index in [0.29, 0.717) is 12.0 Å². The van der Waals surface area contributed by atoms with Crippen LogP contribution in [0, 0.1) is 6.92 Å². The molecule has 0 spiro atoms. The fourth-order valence-electron chi connectivity index (χ4n) is 1.66. The maximum absolute atomic E-state index is 11.9. The van der Waals surface area contributed by atoms with Crippen LogP contribution in [0.5, 0.6) is 0 Å². The fraction of sp³-hybridized carbons (Fsp3) is 0.231. The molecule has 94 valence electrons. The Morgan fingerprint density at radius 1 is 1.39 bits per heavy atom. The first-order valence-electron chi connectivity index (χ1n) is 5.72. The highest BCUT2D eigenvalue weighted by Crippen LogP contribution is 2.12. The van der Waals surface area contributed by atoms with E-state index in [9.17, 15) is 4.79 Å². The Balaban J connectivity index is 2.05. The highest BCUT2D eigenvalue weighted by atomic mass is 16.2. The summed E-state index contributed by atoms with van der Waals surface area (Å²) < 4.78 is 0. The van der Waals surface area contributed by atoms with E-state index < -0.39 is 0 Å². The number of hydrogen-bond donors (Lipinski definition) is 3. The molecule has 2 aromatic rings. The van der Waals surface area contributed by atoms with Crippen LogP contribution < -0.4 is 5.32 Å². The van der Waals surface area contributed by atoms with Gasteiger partial charge in [0.15, 0.2) is 0 Å². The zero-order valence-electron chi connectivity index (χ0n) is 10.1. The van der Waals surface area contributed by atoms with Gasteiger partial charge in [-0.2, -0.15) is 5.10 Å². The second-order valence-electron chi connectivity index (χ2n) is 4.03. The largest absolute Gasteiger partial charge is 0.396 e. The van der Waals surface area contributed by atoms with Crippen molar-refractivity contribution in [2.24, 2.45) is 0 Å². The third-order valence-electron chi connectivity index (χ3n) is 2.69. The summed E-state index contributed by atoms with van der Waals surface area (Å²) >= 11 is 0. The molecule has 0 fully saturated rings. The third-order valence-corrected chi connectivity index (χ3v) is 2.69. The normalized spacial score (nSPS) is 10.3. The molecule has 1 amide bonds. The SMILES string of the molecule is Cc1[nH]ncc1C(=O)Nc1ccc(CCO)cc1. The molecule has 0 radical (unpaired) electrons. The van der Waals surface area contributed by atoms with E-state index in [1.807, 2.05) is 24.3 Å². The number of H-pyrrole nitrogens is 1. The minimum atomic E-state index is -0.184. The molecule has 1 aromatic carbocycles. The van der Waals surface area contributed by atoms with Gasteiger partial charge in [0.25, 0.3) is 5.91 Å². The van der Waals surface area contributed by atoms with Crippen LogP contribution in [0.3, 0.4) is 0 Å². The van der Waals surface area contributed by atoms with Crippen molar-refractivity contribution in [1.82, 2.24) is 10.2 Å². The van der Waals surface area contributed by atoms with E-state index in [0.717, 1.165) is 16.9 Å². The lowest BCUT2D eigenvalue weighted by molar-refractivity contribution is 0.102. The number of carbonyl (C=O) groups is 1. The van der Waals surface area contributed by atoms with Crippen molar-refractivity contribution >= 4 is 11.6 Å². The van der Waals surface area contributed by atoms with Gasteiger partial charge in [0.05, 0.1) is 11.8 Å². The summed E-state index contributed by atoms with van der Waals surface area (Å²) in [6, 6.07) is 7.40. The Bertz CT molecular complexity index is 531. The lowest BCUT2D eigenvalue weighted by atomic mass is 10.1. The van der Waals surface area contributed by atoms with Crippen LogP contribution in [0.1, 0.15) is 21.6 Å². The molecule has 2 rings (SSSR count). The number of aromatic nitrogens is 2. The monoisotopic (exact) mass is 245 g/mol. The van der Waals surface area contributed by atoms with Crippen LogP contribution in [-0.4, -0.2) is 27.8 Å². The molecule has 0 aliphatic carbocycles. The van der Waals surface area contributed by atoms with Crippen LogP contribution >= 0.6 is 0 Å². The fourth-order valence-corrected chi connectivity index (χ4v) is 1.66. The summed E-state index contributed by atoms with van der Waals surface area (Å²) in [6.45, 7) is 1.92. The zero-order valence-corrected chi connectivity index (χ0v) is 10.1. The highest BCUT2D eigenvalue weighted by Gasteiger charge is 2.10. The molecule has 1 aromatic heterocycles. The number of carbonyl (C=O) groups excluding carboxylic acids is 1. The summed E-state index contributed by atoms with van der Waals surface area (Å²) in [5.74, 6) is -0.184. The first-order valence-corrected chi connectivity index (χ1v) is 5.72. The van der Waals surface area contributed by atoms with Crippen molar-refractivity contribution in [1.29, 1.82) is 0 Å². The molecule has 0 aliphatic rings. The van der Waals surface area contributed by atoms with Crippen molar-refractivity contribution in [3.63, 3.8) is 0 Å². The number of aliphatic hydroxyl groups is 1. The average molecular weight is 245 g/mol. The van der Waals surface area contributed by atoms with Crippen molar-refractivity contribution in [3.05, 3.63) is 47.3 Å². The molecule has 5 heteroatoms. The van der Waals surface area contributed by atoms with Crippen LogP contribution in [0.4, 0.5) is 5.69 Å². The summed E-state index contributed by atoms with van der Waals surface area (Å²) in [4.78, 5) is 11.9. The minimum Gasteiger partial charge on any atom is -0.396 e. The topological polar surface area (TPSA) is 78.0 Å². The number of benzene rings is 1. The smallest absolute Gasteiger partial charge is 0.259 e. The number of aliphatic hydroxyl groups excluding tert-OH is 1. The van der Waals surface area contributed by atoms with Gasteiger partial charge in [-0.1, -0.05) is 12.1 Å². The predicted molar refractivity (Wildman–Crippen MR) is 68.5 cm³/mol. The molecule has 0 atom stereocenters.